The average Bonchev–Trinajstić information content (AvgIpc) is 3.18. The lowest BCUT2D eigenvalue weighted by Crippen LogP contribution is -2.24. The van der Waals surface area contributed by atoms with Crippen molar-refractivity contribution < 1.29 is 0 Å². The molecule has 1 N–H and O–H groups in total. The van der Waals surface area contributed by atoms with Gasteiger partial charge in [-0.05, 0) is 61.9 Å². The Morgan fingerprint density at radius 3 is 2.74 bits per heavy atom. The summed E-state index contributed by atoms with van der Waals surface area (Å²) in [5, 5.41) is 10.2. The summed E-state index contributed by atoms with van der Waals surface area (Å²) < 4.78 is 2.10. The van der Waals surface area contributed by atoms with E-state index in [1.165, 1.54) is 55.3 Å². The van der Waals surface area contributed by atoms with Crippen molar-refractivity contribution in [1.29, 1.82) is 0 Å². The highest BCUT2D eigenvalue weighted by atomic mass is 15.3. The van der Waals surface area contributed by atoms with Gasteiger partial charge in [0, 0.05) is 35.6 Å². The van der Waals surface area contributed by atoms with Crippen LogP contribution in [0, 0.1) is 0 Å². The maximum Gasteiger partial charge on any atom is 0.130 e. The van der Waals surface area contributed by atoms with Gasteiger partial charge in [0.15, 0.2) is 0 Å². The minimum absolute atomic E-state index is 0.612. The summed E-state index contributed by atoms with van der Waals surface area (Å²) in [6.07, 6.45) is 11.2. The van der Waals surface area contributed by atoms with Crippen molar-refractivity contribution in [3.8, 4) is 11.1 Å². The van der Waals surface area contributed by atoms with Gasteiger partial charge in [-0.15, -0.1) is 0 Å². The monoisotopic (exact) mass is 359 g/mol. The second-order valence-electron chi connectivity index (χ2n) is 7.78. The maximum absolute atomic E-state index is 4.55. The third kappa shape index (κ3) is 3.60. The summed E-state index contributed by atoms with van der Waals surface area (Å²) >= 11 is 0. The molecule has 2 fully saturated rings. The maximum atomic E-state index is 4.55. The average molecular weight is 359 g/mol. The largest absolute Gasteiger partial charge is 0.343 e. The number of rotatable bonds is 6. The van der Waals surface area contributed by atoms with E-state index in [1.807, 2.05) is 12.4 Å². The molecule has 3 aromatic rings. The van der Waals surface area contributed by atoms with Crippen molar-refractivity contribution in [2.24, 2.45) is 0 Å². The summed E-state index contributed by atoms with van der Waals surface area (Å²) in [6.45, 7) is 7.41. The fraction of sp³-hybridized carbons (Fsp3) is 0.364. The van der Waals surface area contributed by atoms with Gasteiger partial charge in [0.1, 0.15) is 5.82 Å². The summed E-state index contributed by atoms with van der Waals surface area (Å²) in [5.74, 6) is 0.859. The van der Waals surface area contributed by atoms with Crippen LogP contribution in [0.4, 0.5) is 5.82 Å². The zero-order valence-corrected chi connectivity index (χ0v) is 15.6. The Balaban J connectivity index is 1.35. The zero-order chi connectivity index (χ0) is 18.2. The Labute approximate surface area is 159 Å². The Bertz CT molecular complexity index is 979. The van der Waals surface area contributed by atoms with E-state index in [-0.39, 0.29) is 0 Å². The Morgan fingerprint density at radius 1 is 1.07 bits per heavy atom. The van der Waals surface area contributed by atoms with Gasteiger partial charge in [-0.2, -0.15) is 5.10 Å². The fourth-order valence-corrected chi connectivity index (χ4v) is 3.85. The lowest BCUT2D eigenvalue weighted by Gasteiger charge is -2.17. The number of benzene rings is 1. The molecule has 0 bridgehead atoms. The van der Waals surface area contributed by atoms with Crippen LogP contribution in [0.3, 0.4) is 0 Å². The van der Waals surface area contributed by atoms with E-state index in [0.717, 1.165) is 23.4 Å². The van der Waals surface area contributed by atoms with E-state index in [4.69, 9.17) is 0 Å². The number of nitrogens with zero attached hydrogens (tertiary/aromatic N) is 4. The van der Waals surface area contributed by atoms with Crippen molar-refractivity contribution in [2.45, 2.75) is 31.7 Å². The number of hydrogen-bond donors (Lipinski definition) is 1. The highest BCUT2D eigenvalue weighted by molar-refractivity contribution is 5.88. The lowest BCUT2D eigenvalue weighted by atomic mass is 10.1. The van der Waals surface area contributed by atoms with Crippen molar-refractivity contribution >= 4 is 16.6 Å². The van der Waals surface area contributed by atoms with Gasteiger partial charge in [0.2, 0.25) is 0 Å². The van der Waals surface area contributed by atoms with Gasteiger partial charge in [-0.3, -0.25) is 9.58 Å². The van der Waals surface area contributed by atoms with Gasteiger partial charge in [0.05, 0.1) is 12.2 Å². The Morgan fingerprint density at radius 2 is 1.93 bits per heavy atom. The minimum Gasteiger partial charge on any atom is -0.343 e. The van der Waals surface area contributed by atoms with Crippen LogP contribution in [0.5, 0.6) is 0 Å². The van der Waals surface area contributed by atoms with Gasteiger partial charge in [-0.1, -0.05) is 18.7 Å². The molecule has 1 saturated heterocycles. The van der Waals surface area contributed by atoms with Crippen LogP contribution in [-0.2, 0) is 0 Å². The van der Waals surface area contributed by atoms with Crippen LogP contribution in [-0.4, -0.2) is 39.3 Å². The Hall–Kier alpha value is -2.66. The smallest absolute Gasteiger partial charge is 0.130 e. The molecule has 2 aliphatic rings. The normalized spacial score (nSPS) is 17.5. The SMILES string of the molecule is C=C(CN1CCCC1)Nc1cc2cc(-c3cnn(C4CC4)c3)ccc2cn1. The molecule has 0 amide bonds. The fourth-order valence-electron chi connectivity index (χ4n) is 3.85. The molecule has 5 rings (SSSR count). The van der Waals surface area contributed by atoms with Gasteiger partial charge >= 0.3 is 0 Å². The molecule has 27 heavy (non-hydrogen) atoms. The number of aromatic nitrogens is 3. The topological polar surface area (TPSA) is 46.0 Å². The summed E-state index contributed by atoms with van der Waals surface area (Å²) in [6, 6.07) is 9.23. The van der Waals surface area contributed by atoms with E-state index in [1.54, 1.807) is 0 Å². The van der Waals surface area contributed by atoms with Crippen LogP contribution in [0.25, 0.3) is 21.9 Å². The molecule has 2 aromatic heterocycles. The predicted molar refractivity (Wildman–Crippen MR) is 110 cm³/mol. The van der Waals surface area contributed by atoms with E-state index < -0.39 is 0 Å². The van der Waals surface area contributed by atoms with Gasteiger partial charge < -0.3 is 5.32 Å². The lowest BCUT2D eigenvalue weighted by molar-refractivity contribution is 0.370. The molecular weight excluding hydrogens is 334 g/mol. The van der Waals surface area contributed by atoms with Crippen molar-refractivity contribution in [2.75, 3.05) is 25.0 Å². The van der Waals surface area contributed by atoms with E-state index in [9.17, 15) is 0 Å². The molecule has 3 heterocycles. The van der Waals surface area contributed by atoms with Crippen LogP contribution < -0.4 is 5.32 Å². The molecule has 0 spiro atoms. The minimum atomic E-state index is 0.612. The quantitative estimate of drug-likeness (QED) is 0.706. The number of nitrogens with one attached hydrogen (secondary N) is 1. The van der Waals surface area contributed by atoms with Gasteiger partial charge in [-0.25, -0.2) is 4.98 Å². The highest BCUT2D eigenvalue weighted by Crippen LogP contribution is 2.35. The van der Waals surface area contributed by atoms with Crippen LogP contribution in [0.2, 0.25) is 0 Å². The van der Waals surface area contributed by atoms with E-state index in [0.29, 0.717) is 6.04 Å². The first-order valence-electron chi connectivity index (χ1n) is 9.86. The highest BCUT2D eigenvalue weighted by Gasteiger charge is 2.24. The van der Waals surface area contributed by atoms with E-state index >= 15 is 0 Å². The number of likely N-dealkylation sites (tertiary alicyclic amines) is 1. The standard InChI is InChI=1S/C22H25N5/c1-16(14-26-8-2-3-9-26)25-22-11-19-10-17(4-5-18(19)12-23-22)20-13-24-27(15-20)21-6-7-21/h4-5,10-13,15,21H,1-3,6-9,14H2,(H,23,25). The molecular formula is C22H25N5. The van der Waals surface area contributed by atoms with Crippen molar-refractivity contribution in [3.05, 3.63) is 55.1 Å². The Kier molecular flexibility index (Phi) is 4.17. The first-order chi connectivity index (χ1) is 13.2. The number of hydrogen-bond acceptors (Lipinski definition) is 4. The molecule has 1 aliphatic heterocycles. The van der Waals surface area contributed by atoms with E-state index in [2.05, 4.69) is 62.0 Å². The number of fused-ring (bicyclic) bond motifs is 1. The second-order valence-corrected chi connectivity index (χ2v) is 7.78. The zero-order valence-electron chi connectivity index (χ0n) is 15.6. The molecule has 0 unspecified atom stereocenters. The summed E-state index contributed by atoms with van der Waals surface area (Å²) in [4.78, 5) is 6.99. The first-order valence-corrected chi connectivity index (χ1v) is 9.86. The third-order valence-corrected chi connectivity index (χ3v) is 5.50. The predicted octanol–water partition coefficient (Wildman–Crippen LogP) is 4.45. The molecule has 0 atom stereocenters. The molecule has 1 aliphatic carbocycles. The molecule has 5 heteroatoms. The van der Waals surface area contributed by atoms with Crippen LogP contribution >= 0.6 is 0 Å². The van der Waals surface area contributed by atoms with Crippen LogP contribution in [0.15, 0.2) is 55.1 Å². The number of anilines is 1. The molecule has 1 saturated carbocycles. The van der Waals surface area contributed by atoms with Crippen molar-refractivity contribution in [3.63, 3.8) is 0 Å². The third-order valence-electron chi connectivity index (χ3n) is 5.50. The second kappa shape index (κ2) is 6.82. The van der Waals surface area contributed by atoms with Crippen LogP contribution in [0.1, 0.15) is 31.7 Å². The summed E-state index contributed by atoms with van der Waals surface area (Å²) in [7, 11) is 0. The summed E-state index contributed by atoms with van der Waals surface area (Å²) in [5.41, 5.74) is 3.38. The van der Waals surface area contributed by atoms with Gasteiger partial charge in [0.25, 0.3) is 0 Å². The molecule has 1 aromatic carbocycles. The molecule has 0 radical (unpaired) electrons. The first kappa shape index (κ1) is 16.5. The molecule has 5 nitrogen and oxygen atoms in total. The molecule has 138 valence electrons. The van der Waals surface area contributed by atoms with Crippen molar-refractivity contribution in [1.82, 2.24) is 19.7 Å². The number of pyridine rings is 1.